The maximum absolute atomic E-state index is 11.7. The first-order chi connectivity index (χ1) is 9.50. The van der Waals surface area contributed by atoms with Gasteiger partial charge in [-0.3, -0.25) is 4.84 Å². The molecule has 0 aromatic carbocycles. The molecule has 0 atom stereocenters. The zero-order valence-corrected chi connectivity index (χ0v) is 16.0. The van der Waals surface area contributed by atoms with E-state index in [1.165, 1.54) is 7.05 Å². The Morgan fingerprint density at radius 3 is 2.43 bits per heavy atom. The van der Waals surface area contributed by atoms with E-state index in [9.17, 15) is 4.79 Å². The van der Waals surface area contributed by atoms with Crippen LogP contribution in [-0.4, -0.2) is 38.4 Å². The smallest absolute Gasteiger partial charge is 0.446 e. The summed E-state index contributed by atoms with van der Waals surface area (Å²) in [6, 6.07) is 0. The largest absolute Gasteiger partial charge is 0.479 e. The summed E-state index contributed by atoms with van der Waals surface area (Å²) in [5.41, 5.74) is -0.312. The van der Waals surface area contributed by atoms with E-state index in [4.69, 9.17) is 56.6 Å². The second kappa shape index (κ2) is 9.25. The van der Waals surface area contributed by atoms with Gasteiger partial charge in [0, 0.05) is 30.8 Å². The van der Waals surface area contributed by atoms with E-state index in [1.54, 1.807) is 12.3 Å². The van der Waals surface area contributed by atoms with Crippen LogP contribution in [0.4, 0.5) is 4.79 Å². The maximum Gasteiger partial charge on any atom is 0.446 e. The summed E-state index contributed by atoms with van der Waals surface area (Å²) in [7, 11) is 1.39. The third-order valence-electron chi connectivity index (χ3n) is 1.96. The number of carbonyl (C=O) groups is 1. The van der Waals surface area contributed by atoms with Gasteiger partial charge in [-0.15, -0.1) is 0 Å². The summed E-state index contributed by atoms with van der Waals surface area (Å²) in [6.45, 7) is 6.03. The average Bonchev–Trinajstić information content (AvgIpc) is 2.33. The highest BCUT2D eigenvalue weighted by Gasteiger charge is 2.27. The molecule has 0 aromatic heterocycles. The summed E-state index contributed by atoms with van der Waals surface area (Å²) in [5.74, 6) is 0.268. The number of ether oxygens (including phenoxy) is 1. The molecule has 122 valence electrons. The molecule has 0 rings (SSSR count). The van der Waals surface area contributed by atoms with Gasteiger partial charge in [-0.25, -0.2) is 9.10 Å². The monoisotopic (exact) mass is 394 g/mol. The number of hydrogen-bond donors (Lipinski definition) is 0. The van der Waals surface area contributed by atoms with Crippen molar-refractivity contribution in [1.29, 1.82) is 0 Å². The minimum Gasteiger partial charge on any atom is -0.479 e. The zero-order chi connectivity index (χ0) is 16.7. The van der Waals surface area contributed by atoms with Crippen LogP contribution in [0.15, 0.2) is 5.16 Å². The molecule has 0 aliphatic rings. The topological polar surface area (TPSA) is 51.1 Å². The Hall–Kier alpha value is 0.0500. The summed E-state index contributed by atoms with van der Waals surface area (Å²) >= 11 is 22.3. The van der Waals surface area contributed by atoms with Crippen molar-refractivity contribution in [2.45, 2.75) is 30.3 Å². The van der Waals surface area contributed by atoms with E-state index in [-0.39, 0.29) is 11.3 Å². The van der Waals surface area contributed by atoms with E-state index in [1.807, 2.05) is 13.8 Å². The van der Waals surface area contributed by atoms with E-state index in [2.05, 4.69) is 5.16 Å². The molecular weight excluding hydrogens is 379 g/mol. The highest BCUT2D eigenvalue weighted by molar-refractivity contribution is 8.03. The molecule has 0 heterocycles. The molecular formula is C11H17Cl3N2O3S2. The van der Waals surface area contributed by atoms with Crippen LogP contribution in [-0.2, 0) is 9.57 Å². The fourth-order valence-corrected chi connectivity index (χ4v) is 2.48. The number of halogens is 3. The Labute approximate surface area is 149 Å². The van der Waals surface area contributed by atoms with E-state index in [0.717, 1.165) is 4.31 Å². The number of thiocarbonyl (C=S) groups is 1. The van der Waals surface area contributed by atoms with Gasteiger partial charge in [0.2, 0.25) is 5.90 Å². The van der Waals surface area contributed by atoms with Crippen molar-refractivity contribution < 1.29 is 14.4 Å². The molecule has 0 bridgehead atoms. The molecule has 0 unspecified atom stereocenters. The Kier molecular flexibility index (Phi) is 9.27. The highest BCUT2D eigenvalue weighted by atomic mass is 35.6. The number of rotatable bonds is 6. The molecule has 21 heavy (non-hydrogen) atoms. The van der Waals surface area contributed by atoms with Gasteiger partial charge in [-0.1, -0.05) is 60.9 Å². The van der Waals surface area contributed by atoms with Gasteiger partial charge in [0.25, 0.3) is 3.12 Å². The molecule has 1 amide bonds. The number of hydrogen-bond acceptors (Lipinski definition) is 6. The van der Waals surface area contributed by atoms with Crippen molar-refractivity contribution in [2.75, 3.05) is 13.7 Å². The summed E-state index contributed by atoms with van der Waals surface area (Å²) in [4.78, 5) is 16.4. The molecule has 5 nitrogen and oxygen atoms in total. The molecule has 0 saturated heterocycles. The molecule has 0 aliphatic heterocycles. The lowest BCUT2D eigenvalue weighted by Gasteiger charge is -2.20. The number of nitrogens with zero attached hydrogens (tertiary/aromatic N) is 2. The normalized spacial score (nSPS) is 12.8. The number of alkyl halides is 3. The number of oxime groups is 1. The Morgan fingerprint density at radius 1 is 1.43 bits per heavy atom. The molecule has 0 fully saturated rings. The molecule has 0 spiro atoms. The van der Waals surface area contributed by atoms with Crippen LogP contribution < -0.4 is 0 Å². The zero-order valence-electron chi connectivity index (χ0n) is 12.1. The van der Waals surface area contributed by atoms with Gasteiger partial charge in [-0.05, 0) is 17.4 Å². The molecule has 10 heteroatoms. The van der Waals surface area contributed by atoms with Gasteiger partial charge >= 0.3 is 6.09 Å². The average molecular weight is 396 g/mol. The van der Waals surface area contributed by atoms with Crippen LogP contribution in [0.25, 0.3) is 0 Å². The van der Waals surface area contributed by atoms with Gasteiger partial charge in [0.05, 0.1) is 6.61 Å². The lowest BCUT2D eigenvalue weighted by molar-refractivity contribution is 0.130. The van der Waals surface area contributed by atoms with Crippen LogP contribution >= 0.6 is 59.0 Å². The fraction of sp³-hybridized carbons (Fsp3) is 0.727. The quantitative estimate of drug-likeness (QED) is 0.123. The third-order valence-corrected chi connectivity index (χ3v) is 3.85. The molecule has 0 aromatic rings. The molecule has 0 aliphatic carbocycles. The number of amides is 1. The Balaban J connectivity index is 4.69. The summed E-state index contributed by atoms with van der Waals surface area (Å²) in [5, 5.41) is 5.30. The van der Waals surface area contributed by atoms with E-state index >= 15 is 0 Å². The van der Waals surface area contributed by atoms with Crippen molar-refractivity contribution in [2.24, 2.45) is 10.6 Å². The van der Waals surface area contributed by atoms with E-state index in [0.29, 0.717) is 25.0 Å². The van der Waals surface area contributed by atoms with Crippen LogP contribution in [0.5, 0.6) is 0 Å². The van der Waals surface area contributed by atoms with Gasteiger partial charge < -0.3 is 4.74 Å². The van der Waals surface area contributed by atoms with Gasteiger partial charge in [0.15, 0.2) is 0 Å². The summed E-state index contributed by atoms with van der Waals surface area (Å²) < 4.78 is 4.66. The minimum absolute atomic E-state index is 0.268. The van der Waals surface area contributed by atoms with Crippen molar-refractivity contribution >= 4 is 76.3 Å². The molecule has 0 saturated carbocycles. The van der Waals surface area contributed by atoms with Gasteiger partial charge in [-0.2, -0.15) is 0 Å². The second-order valence-corrected chi connectivity index (χ2v) is 9.12. The first-order valence-electron chi connectivity index (χ1n) is 5.87. The number of carbonyl (C=O) groups excluding carboxylic acids is 1. The summed E-state index contributed by atoms with van der Waals surface area (Å²) in [6.07, 6.45) is -0.387. The first kappa shape index (κ1) is 21.0. The lowest BCUT2D eigenvalue weighted by Crippen LogP contribution is -2.24. The minimum atomic E-state index is -1.67. The van der Waals surface area contributed by atoms with E-state index < -0.39 is 9.22 Å². The lowest BCUT2D eigenvalue weighted by atomic mass is 9.92. The standard InChI is InChI=1S/C11H17Cl3N2O3S2/c1-5-18-8(6-10(2,3)7-20)15-19-9(17)16(4)21-11(12,13)14/h7H,5-6H2,1-4H3. The Bertz CT molecular complexity index is 401. The molecule has 0 N–H and O–H groups in total. The van der Waals surface area contributed by atoms with Gasteiger partial charge in [0.1, 0.15) is 0 Å². The third kappa shape index (κ3) is 10.4. The SMILES string of the molecule is CCOC(CC(C)(C)C=S)=NOC(=O)N(C)SC(Cl)(Cl)Cl. The van der Waals surface area contributed by atoms with Crippen LogP contribution in [0, 0.1) is 5.41 Å². The fourth-order valence-electron chi connectivity index (χ4n) is 1.05. The predicted molar refractivity (Wildman–Crippen MR) is 93.2 cm³/mol. The van der Waals surface area contributed by atoms with Crippen molar-refractivity contribution in [3.63, 3.8) is 0 Å². The van der Waals surface area contributed by atoms with Crippen molar-refractivity contribution in [1.82, 2.24) is 4.31 Å². The first-order valence-corrected chi connectivity index (χ1v) is 8.25. The maximum atomic E-state index is 11.7. The highest BCUT2D eigenvalue weighted by Crippen LogP contribution is 2.40. The van der Waals surface area contributed by atoms with Crippen LogP contribution in [0.1, 0.15) is 27.2 Å². The second-order valence-electron chi connectivity index (χ2n) is 4.59. The van der Waals surface area contributed by atoms with Crippen LogP contribution in [0.3, 0.4) is 0 Å². The molecule has 0 radical (unpaired) electrons. The predicted octanol–water partition coefficient (Wildman–Crippen LogP) is 4.80. The van der Waals surface area contributed by atoms with Crippen LogP contribution in [0.2, 0.25) is 0 Å². The Morgan fingerprint density at radius 2 is 2.00 bits per heavy atom. The van der Waals surface area contributed by atoms with Crippen molar-refractivity contribution in [3.8, 4) is 0 Å². The van der Waals surface area contributed by atoms with Crippen molar-refractivity contribution in [3.05, 3.63) is 0 Å².